The summed E-state index contributed by atoms with van der Waals surface area (Å²) >= 11 is 12.0. The Balaban J connectivity index is 1.42. The molecule has 7 heteroatoms. The largest absolute Gasteiger partial charge is 0.497 e. The van der Waals surface area contributed by atoms with Gasteiger partial charge in [-0.15, -0.1) is 0 Å². The van der Waals surface area contributed by atoms with Crippen molar-refractivity contribution < 1.29 is 14.6 Å². The van der Waals surface area contributed by atoms with Crippen molar-refractivity contribution in [3.63, 3.8) is 0 Å². The van der Waals surface area contributed by atoms with E-state index in [1.54, 1.807) is 25.3 Å². The molecule has 0 saturated carbocycles. The maximum Gasteiger partial charge on any atom is 0.138 e. The van der Waals surface area contributed by atoms with Crippen LogP contribution >= 0.6 is 23.2 Å². The molecule has 1 unspecified atom stereocenters. The lowest BCUT2D eigenvalue weighted by Crippen LogP contribution is -2.49. The van der Waals surface area contributed by atoms with Crippen LogP contribution in [0.1, 0.15) is 0 Å². The van der Waals surface area contributed by atoms with Gasteiger partial charge >= 0.3 is 0 Å². The zero-order valence-corrected chi connectivity index (χ0v) is 16.8. The van der Waals surface area contributed by atoms with Crippen molar-refractivity contribution in [1.29, 1.82) is 0 Å². The minimum Gasteiger partial charge on any atom is -0.497 e. The molecule has 0 aliphatic carbocycles. The number of benzene rings is 2. The van der Waals surface area contributed by atoms with E-state index in [0.717, 1.165) is 31.9 Å². The monoisotopic (exact) mass is 410 g/mol. The second-order valence-corrected chi connectivity index (χ2v) is 7.37. The smallest absolute Gasteiger partial charge is 0.138 e. The second-order valence-electron chi connectivity index (χ2n) is 6.53. The summed E-state index contributed by atoms with van der Waals surface area (Å²) in [6.45, 7) is 4.39. The van der Waals surface area contributed by atoms with Gasteiger partial charge in [0.15, 0.2) is 0 Å². The molecule has 3 rings (SSSR count). The van der Waals surface area contributed by atoms with Crippen LogP contribution in [0.25, 0.3) is 0 Å². The molecule has 1 aliphatic heterocycles. The predicted molar refractivity (Wildman–Crippen MR) is 110 cm³/mol. The molecule has 1 aliphatic rings. The third kappa shape index (κ3) is 5.66. The molecule has 27 heavy (non-hydrogen) atoms. The van der Waals surface area contributed by atoms with Crippen LogP contribution in [0.4, 0.5) is 5.69 Å². The van der Waals surface area contributed by atoms with Gasteiger partial charge < -0.3 is 19.5 Å². The number of hydrogen-bond donors (Lipinski definition) is 1. The van der Waals surface area contributed by atoms with Gasteiger partial charge in [-0.05, 0) is 42.5 Å². The average molecular weight is 411 g/mol. The number of anilines is 1. The van der Waals surface area contributed by atoms with Crippen molar-refractivity contribution in [2.45, 2.75) is 6.10 Å². The van der Waals surface area contributed by atoms with Gasteiger partial charge in [-0.1, -0.05) is 23.2 Å². The fourth-order valence-corrected chi connectivity index (χ4v) is 3.57. The highest BCUT2D eigenvalue weighted by molar-refractivity contribution is 6.35. The summed E-state index contributed by atoms with van der Waals surface area (Å²) in [5, 5.41) is 11.3. The Morgan fingerprint density at radius 2 is 1.74 bits per heavy atom. The Labute approximate surface area is 170 Å². The van der Waals surface area contributed by atoms with E-state index in [0.29, 0.717) is 22.3 Å². The third-order valence-corrected chi connectivity index (χ3v) is 5.13. The van der Waals surface area contributed by atoms with E-state index in [1.165, 1.54) is 5.69 Å². The van der Waals surface area contributed by atoms with Gasteiger partial charge in [0.1, 0.15) is 24.2 Å². The van der Waals surface area contributed by atoms with Crippen molar-refractivity contribution in [2.75, 3.05) is 51.3 Å². The molecule has 1 fully saturated rings. The van der Waals surface area contributed by atoms with E-state index >= 15 is 0 Å². The molecule has 1 heterocycles. The highest BCUT2D eigenvalue weighted by atomic mass is 35.5. The number of aliphatic hydroxyl groups is 1. The number of methoxy groups -OCH3 is 1. The van der Waals surface area contributed by atoms with Gasteiger partial charge in [-0.3, -0.25) is 4.90 Å². The van der Waals surface area contributed by atoms with E-state index in [4.69, 9.17) is 32.7 Å². The fraction of sp³-hybridized carbons (Fsp3) is 0.400. The maximum absolute atomic E-state index is 10.3. The molecule has 2 aromatic rings. The summed E-state index contributed by atoms with van der Waals surface area (Å²) in [5.41, 5.74) is 1.19. The number of nitrogens with zero attached hydrogens (tertiary/aromatic N) is 2. The van der Waals surface area contributed by atoms with Crippen LogP contribution in [0, 0.1) is 0 Å². The van der Waals surface area contributed by atoms with Gasteiger partial charge in [-0.2, -0.15) is 0 Å². The van der Waals surface area contributed by atoms with E-state index in [2.05, 4.69) is 21.9 Å². The van der Waals surface area contributed by atoms with Crippen molar-refractivity contribution in [3.05, 3.63) is 52.5 Å². The quantitative estimate of drug-likeness (QED) is 0.755. The first kappa shape index (κ1) is 20.1. The Kier molecular flexibility index (Phi) is 7.07. The summed E-state index contributed by atoms with van der Waals surface area (Å²) in [7, 11) is 1.67. The summed E-state index contributed by atoms with van der Waals surface area (Å²) in [5.74, 6) is 1.39. The van der Waals surface area contributed by atoms with Gasteiger partial charge in [0.05, 0.1) is 12.1 Å². The lowest BCUT2D eigenvalue weighted by molar-refractivity contribution is 0.0663. The van der Waals surface area contributed by atoms with E-state index in [9.17, 15) is 5.11 Å². The predicted octanol–water partition coefficient (Wildman–Crippen LogP) is 3.56. The maximum atomic E-state index is 10.3. The molecule has 1 atom stereocenters. The molecule has 0 spiro atoms. The number of ether oxygens (including phenoxy) is 2. The fourth-order valence-electron chi connectivity index (χ4n) is 3.11. The molecular formula is C20H24Cl2N2O3. The lowest BCUT2D eigenvalue weighted by Gasteiger charge is -2.36. The average Bonchev–Trinajstić information content (AvgIpc) is 2.68. The van der Waals surface area contributed by atoms with E-state index < -0.39 is 6.10 Å². The molecule has 2 aromatic carbocycles. The molecule has 0 radical (unpaired) electrons. The van der Waals surface area contributed by atoms with Gasteiger partial charge in [0.25, 0.3) is 0 Å². The molecular weight excluding hydrogens is 387 g/mol. The normalized spacial score (nSPS) is 16.2. The van der Waals surface area contributed by atoms with Crippen LogP contribution < -0.4 is 14.4 Å². The molecule has 5 nitrogen and oxygen atoms in total. The minimum absolute atomic E-state index is 0.194. The van der Waals surface area contributed by atoms with Crippen LogP contribution in [0.2, 0.25) is 10.0 Å². The zero-order valence-electron chi connectivity index (χ0n) is 15.3. The Bertz CT molecular complexity index is 735. The number of aliphatic hydroxyl groups excluding tert-OH is 1. The number of halogens is 2. The van der Waals surface area contributed by atoms with Gasteiger partial charge in [-0.25, -0.2) is 0 Å². The van der Waals surface area contributed by atoms with Crippen LogP contribution in [0.15, 0.2) is 42.5 Å². The zero-order chi connectivity index (χ0) is 19.2. The molecule has 146 valence electrons. The SMILES string of the molecule is COc1ccc(N2CCN(CC(O)COc3ccc(Cl)cc3Cl)CC2)cc1. The van der Waals surface area contributed by atoms with Crippen molar-refractivity contribution in [3.8, 4) is 11.5 Å². The van der Waals surface area contributed by atoms with Gasteiger partial charge in [0.2, 0.25) is 0 Å². The highest BCUT2D eigenvalue weighted by Gasteiger charge is 2.20. The van der Waals surface area contributed by atoms with E-state index in [-0.39, 0.29) is 6.61 Å². The Morgan fingerprint density at radius 1 is 1.04 bits per heavy atom. The lowest BCUT2D eigenvalue weighted by atomic mass is 10.2. The minimum atomic E-state index is -0.579. The number of piperazine rings is 1. The number of hydrogen-bond acceptors (Lipinski definition) is 5. The molecule has 0 amide bonds. The van der Waals surface area contributed by atoms with Crippen molar-refractivity contribution in [1.82, 2.24) is 4.90 Å². The molecule has 0 aromatic heterocycles. The highest BCUT2D eigenvalue weighted by Crippen LogP contribution is 2.27. The Morgan fingerprint density at radius 3 is 2.37 bits per heavy atom. The first-order chi connectivity index (χ1) is 13.0. The van der Waals surface area contributed by atoms with Crippen molar-refractivity contribution >= 4 is 28.9 Å². The number of β-amino-alcohol motifs (C(OH)–C–C–N with tert-alkyl or cyclic N) is 1. The molecule has 0 bridgehead atoms. The van der Waals surface area contributed by atoms with Crippen LogP contribution in [0.5, 0.6) is 11.5 Å². The summed E-state index contributed by atoms with van der Waals surface area (Å²) < 4.78 is 10.8. The van der Waals surface area contributed by atoms with E-state index in [1.807, 2.05) is 12.1 Å². The number of rotatable bonds is 7. The summed E-state index contributed by atoms with van der Waals surface area (Å²) in [4.78, 5) is 4.59. The standard InChI is InChI=1S/C20H24Cl2N2O3/c1-26-18-5-3-16(4-6-18)24-10-8-23(9-11-24)13-17(25)14-27-20-7-2-15(21)12-19(20)22/h2-7,12,17,25H,8-11,13-14H2,1H3. The second kappa shape index (κ2) is 9.51. The first-order valence-electron chi connectivity index (χ1n) is 8.92. The topological polar surface area (TPSA) is 45.2 Å². The summed E-state index contributed by atoms with van der Waals surface area (Å²) in [6, 6.07) is 13.2. The molecule has 1 saturated heterocycles. The van der Waals surface area contributed by atoms with Crippen LogP contribution in [-0.2, 0) is 0 Å². The van der Waals surface area contributed by atoms with Crippen molar-refractivity contribution in [2.24, 2.45) is 0 Å². The summed E-state index contributed by atoms with van der Waals surface area (Å²) in [6.07, 6.45) is -0.579. The Hall–Kier alpha value is -1.66. The van der Waals surface area contributed by atoms with Gasteiger partial charge in [0, 0.05) is 43.4 Å². The third-order valence-electron chi connectivity index (χ3n) is 4.60. The molecule has 1 N–H and O–H groups in total. The van der Waals surface area contributed by atoms with Crippen LogP contribution in [0.3, 0.4) is 0 Å². The first-order valence-corrected chi connectivity index (χ1v) is 9.68. The van der Waals surface area contributed by atoms with Crippen LogP contribution in [-0.4, -0.2) is 62.6 Å².